The highest BCUT2D eigenvalue weighted by atomic mass is 19.1. The van der Waals surface area contributed by atoms with Crippen molar-refractivity contribution in [3.8, 4) is 0 Å². The molecule has 3 aliphatic heterocycles. The maximum atomic E-state index is 14.0. The van der Waals surface area contributed by atoms with Crippen LogP contribution in [0.15, 0.2) is 18.2 Å². The molecular formula is C18H19F2N3O3. The molecule has 1 aromatic rings. The number of hydrogen-bond acceptors (Lipinski definition) is 3. The van der Waals surface area contributed by atoms with Gasteiger partial charge >= 0.3 is 0 Å². The second kappa shape index (κ2) is 6.03. The van der Waals surface area contributed by atoms with E-state index in [-0.39, 0.29) is 30.2 Å². The van der Waals surface area contributed by atoms with Crippen LogP contribution in [0.2, 0.25) is 0 Å². The zero-order chi connectivity index (χ0) is 18.5. The van der Waals surface area contributed by atoms with Gasteiger partial charge in [0.2, 0.25) is 17.7 Å². The summed E-state index contributed by atoms with van der Waals surface area (Å²) in [5.41, 5.74) is -0.608. The van der Waals surface area contributed by atoms with Crippen molar-refractivity contribution in [2.75, 3.05) is 31.1 Å². The fourth-order valence-electron chi connectivity index (χ4n) is 4.26. The number of carbonyl (C=O) groups excluding carboxylic acids is 3. The van der Waals surface area contributed by atoms with Crippen LogP contribution in [0.5, 0.6) is 0 Å². The van der Waals surface area contributed by atoms with Gasteiger partial charge in [-0.25, -0.2) is 8.78 Å². The third kappa shape index (κ3) is 2.73. The van der Waals surface area contributed by atoms with Crippen molar-refractivity contribution in [2.24, 2.45) is 11.3 Å². The Hall–Kier alpha value is -2.51. The third-order valence-corrected chi connectivity index (χ3v) is 5.63. The summed E-state index contributed by atoms with van der Waals surface area (Å²) in [6.07, 6.45) is 1.09. The summed E-state index contributed by atoms with van der Waals surface area (Å²) in [6.45, 7) is 1.54. The van der Waals surface area contributed by atoms with E-state index in [9.17, 15) is 23.2 Å². The van der Waals surface area contributed by atoms with E-state index in [4.69, 9.17) is 0 Å². The molecule has 3 saturated heterocycles. The Morgan fingerprint density at radius 1 is 1.23 bits per heavy atom. The lowest BCUT2D eigenvalue weighted by Crippen LogP contribution is -2.38. The Kier molecular flexibility index (Phi) is 3.93. The van der Waals surface area contributed by atoms with Crippen molar-refractivity contribution in [1.82, 2.24) is 10.2 Å². The molecule has 3 aliphatic rings. The second-order valence-electron chi connectivity index (χ2n) is 7.44. The molecule has 8 heteroatoms. The van der Waals surface area contributed by atoms with E-state index in [2.05, 4.69) is 5.32 Å². The van der Waals surface area contributed by atoms with E-state index in [0.717, 1.165) is 23.5 Å². The summed E-state index contributed by atoms with van der Waals surface area (Å²) in [5, 5.41) is 2.81. The molecule has 1 aromatic carbocycles. The smallest absolute Gasteiger partial charge is 0.228 e. The van der Waals surface area contributed by atoms with Gasteiger partial charge in [0.1, 0.15) is 17.3 Å². The lowest BCUT2D eigenvalue weighted by atomic mass is 9.86. The number of nitrogens with zero attached hydrogens (tertiary/aromatic N) is 2. The molecule has 0 bridgehead atoms. The molecule has 138 valence electrons. The normalized spacial score (nSPS) is 28.3. The number of nitrogens with one attached hydrogen (secondary N) is 1. The van der Waals surface area contributed by atoms with Gasteiger partial charge in [0.15, 0.2) is 0 Å². The molecule has 6 nitrogen and oxygen atoms in total. The van der Waals surface area contributed by atoms with Crippen molar-refractivity contribution in [3.63, 3.8) is 0 Å². The van der Waals surface area contributed by atoms with Gasteiger partial charge < -0.3 is 15.1 Å². The second-order valence-corrected chi connectivity index (χ2v) is 7.44. The number of hydrogen-bond donors (Lipinski definition) is 1. The molecule has 0 radical (unpaired) electrons. The van der Waals surface area contributed by atoms with Gasteiger partial charge in [0.25, 0.3) is 0 Å². The van der Waals surface area contributed by atoms with Crippen LogP contribution < -0.4 is 10.2 Å². The van der Waals surface area contributed by atoms with Gasteiger partial charge in [-0.15, -0.1) is 0 Å². The standard InChI is InChI=1S/C18H19F2N3O3/c19-12-2-1-3-13(20)16(12)23-8-11(6-15(23)25)17(26)22-5-4-18(10-22)7-14(24)21-9-18/h1-3,11H,4-10H2,(H,21,24). The maximum Gasteiger partial charge on any atom is 0.228 e. The van der Waals surface area contributed by atoms with Gasteiger partial charge in [-0.3, -0.25) is 14.4 Å². The van der Waals surface area contributed by atoms with Crippen LogP contribution in [0.3, 0.4) is 0 Å². The number of halogens is 2. The Labute approximate surface area is 149 Å². The summed E-state index contributed by atoms with van der Waals surface area (Å²) >= 11 is 0. The molecule has 3 heterocycles. The van der Waals surface area contributed by atoms with Gasteiger partial charge in [0, 0.05) is 44.4 Å². The van der Waals surface area contributed by atoms with Crippen LogP contribution in [0.1, 0.15) is 19.3 Å². The fraction of sp³-hybridized carbons (Fsp3) is 0.500. The summed E-state index contributed by atoms with van der Waals surface area (Å²) in [5.74, 6) is -2.91. The van der Waals surface area contributed by atoms with Crippen LogP contribution in [-0.4, -0.2) is 48.8 Å². The first-order valence-electron chi connectivity index (χ1n) is 8.68. The van der Waals surface area contributed by atoms with Crippen molar-refractivity contribution in [3.05, 3.63) is 29.8 Å². The number of anilines is 1. The van der Waals surface area contributed by atoms with Crippen LogP contribution in [-0.2, 0) is 14.4 Å². The molecule has 2 unspecified atom stereocenters. The summed E-state index contributed by atoms with van der Waals surface area (Å²) in [6, 6.07) is 3.42. The molecule has 4 rings (SSSR count). The van der Waals surface area contributed by atoms with Gasteiger partial charge in [-0.2, -0.15) is 0 Å². The van der Waals surface area contributed by atoms with Crippen LogP contribution in [0.4, 0.5) is 14.5 Å². The predicted molar refractivity (Wildman–Crippen MR) is 88.1 cm³/mol. The number of rotatable bonds is 2. The summed E-state index contributed by atoms with van der Waals surface area (Å²) in [7, 11) is 0. The van der Waals surface area contributed by atoms with Gasteiger partial charge in [0.05, 0.1) is 5.92 Å². The molecule has 2 atom stereocenters. The molecule has 3 fully saturated rings. The van der Waals surface area contributed by atoms with E-state index in [1.54, 1.807) is 4.90 Å². The van der Waals surface area contributed by atoms with Crippen molar-refractivity contribution < 1.29 is 23.2 Å². The van der Waals surface area contributed by atoms with E-state index in [1.807, 2.05) is 0 Å². The lowest BCUT2D eigenvalue weighted by Gasteiger charge is -2.24. The molecule has 26 heavy (non-hydrogen) atoms. The Morgan fingerprint density at radius 2 is 1.96 bits per heavy atom. The molecule has 1 N–H and O–H groups in total. The summed E-state index contributed by atoms with van der Waals surface area (Å²) in [4.78, 5) is 39.3. The molecular weight excluding hydrogens is 344 g/mol. The monoisotopic (exact) mass is 363 g/mol. The van der Waals surface area contributed by atoms with Gasteiger partial charge in [-0.1, -0.05) is 6.07 Å². The SMILES string of the molecule is O=C1CC2(CCN(C(=O)C3CC(=O)N(c4c(F)cccc4F)C3)C2)CN1. The van der Waals surface area contributed by atoms with E-state index in [0.29, 0.717) is 26.1 Å². The highest BCUT2D eigenvalue weighted by Crippen LogP contribution is 2.38. The predicted octanol–water partition coefficient (Wildman–Crippen LogP) is 1.06. The first kappa shape index (κ1) is 16.9. The quantitative estimate of drug-likeness (QED) is 0.854. The number of likely N-dealkylation sites (tertiary alicyclic amines) is 1. The number of amides is 3. The van der Waals surface area contributed by atoms with Crippen LogP contribution >= 0.6 is 0 Å². The highest BCUT2D eigenvalue weighted by Gasteiger charge is 2.47. The molecule has 0 saturated carbocycles. The van der Waals surface area contributed by atoms with Crippen LogP contribution in [0, 0.1) is 23.0 Å². The first-order valence-corrected chi connectivity index (χ1v) is 8.68. The average molecular weight is 363 g/mol. The number of carbonyl (C=O) groups is 3. The zero-order valence-corrected chi connectivity index (χ0v) is 14.1. The minimum atomic E-state index is -0.817. The Bertz CT molecular complexity index is 780. The van der Waals surface area contributed by atoms with Crippen molar-refractivity contribution >= 4 is 23.4 Å². The van der Waals surface area contributed by atoms with E-state index in [1.165, 1.54) is 6.07 Å². The van der Waals surface area contributed by atoms with Gasteiger partial charge in [-0.05, 0) is 18.6 Å². The number of para-hydroxylation sites is 1. The minimum absolute atomic E-state index is 0.00320. The zero-order valence-electron chi connectivity index (χ0n) is 14.1. The fourth-order valence-corrected chi connectivity index (χ4v) is 4.26. The molecule has 0 aromatic heterocycles. The first-order chi connectivity index (χ1) is 12.4. The molecule has 1 spiro atoms. The summed E-state index contributed by atoms with van der Waals surface area (Å²) < 4.78 is 27.9. The average Bonchev–Trinajstić information content (AvgIpc) is 3.28. The van der Waals surface area contributed by atoms with E-state index < -0.39 is 29.1 Å². The topological polar surface area (TPSA) is 69.7 Å². The Morgan fingerprint density at radius 3 is 2.62 bits per heavy atom. The minimum Gasteiger partial charge on any atom is -0.355 e. The number of benzene rings is 1. The maximum absolute atomic E-state index is 14.0. The highest BCUT2D eigenvalue weighted by molar-refractivity contribution is 6.00. The third-order valence-electron chi connectivity index (χ3n) is 5.63. The molecule has 0 aliphatic carbocycles. The van der Waals surface area contributed by atoms with Crippen LogP contribution in [0.25, 0.3) is 0 Å². The van der Waals surface area contributed by atoms with Crippen molar-refractivity contribution in [2.45, 2.75) is 19.3 Å². The lowest BCUT2D eigenvalue weighted by molar-refractivity contribution is -0.135. The van der Waals surface area contributed by atoms with E-state index >= 15 is 0 Å². The molecule has 3 amide bonds. The largest absolute Gasteiger partial charge is 0.355 e. The van der Waals surface area contributed by atoms with Crippen molar-refractivity contribution in [1.29, 1.82) is 0 Å². The Balaban J connectivity index is 1.47.